The van der Waals surface area contributed by atoms with Crippen LogP contribution in [-0.2, 0) is 14.3 Å². The third-order valence-corrected chi connectivity index (χ3v) is 3.64. The molecule has 18 heavy (non-hydrogen) atoms. The number of esters is 1. The van der Waals surface area contributed by atoms with Gasteiger partial charge >= 0.3 is 5.97 Å². The van der Waals surface area contributed by atoms with Gasteiger partial charge in [0.05, 0.1) is 12.5 Å². The molecule has 0 saturated carbocycles. The van der Waals surface area contributed by atoms with E-state index in [1.165, 1.54) is 0 Å². The minimum Gasteiger partial charge on any atom is -0.466 e. The van der Waals surface area contributed by atoms with Crippen molar-refractivity contribution < 1.29 is 14.3 Å². The molecule has 100 valence electrons. The maximum absolute atomic E-state index is 12.2. The zero-order chi connectivity index (χ0) is 13.0. The first-order valence-electron chi connectivity index (χ1n) is 6.87. The molecule has 1 aliphatic heterocycles. The second kappa shape index (κ2) is 6.03. The lowest BCUT2D eigenvalue weighted by Crippen LogP contribution is -2.43. The van der Waals surface area contributed by atoms with Gasteiger partial charge in [0.1, 0.15) is 0 Å². The number of carbonyl (C=O) groups excluding carboxylic acids is 2. The molecule has 0 bridgehead atoms. The molecule has 1 fully saturated rings. The number of likely N-dealkylation sites (tertiary alicyclic amines) is 1. The maximum Gasteiger partial charge on any atom is 0.310 e. The highest BCUT2D eigenvalue weighted by atomic mass is 16.5. The van der Waals surface area contributed by atoms with Gasteiger partial charge in [-0.15, -0.1) is 0 Å². The van der Waals surface area contributed by atoms with Crippen molar-refractivity contribution in [2.75, 3.05) is 19.7 Å². The second-order valence-electron chi connectivity index (χ2n) is 4.96. The van der Waals surface area contributed by atoms with E-state index < -0.39 is 0 Å². The lowest BCUT2D eigenvalue weighted by molar-refractivity contribution is -0.150. The Labute approximate surface area is 108 Å². The molecule has 4 heteroatoms. The summed E-state index contributed by atoms with van der Waals surface area (Å²) in [5.74, 6) is -0.165. The van der Waals surface area contributed by atoms with Gasteiger partial charge in [0.2, 0.25) is 5.91 Å². The van der Waals surface area contributed by atoms with Gasteiger partial charge in [0.25, 0.3) is 0 Å². The lowest BCUT2D eigenvalue weighted by atomic mass is 9.97. The average Bonchev–Trinajstić information content (AvgIpc) is 2.92. The van der Waals surface area contributed by atoms with Gasteiger partial charge in [-0.1, -0.05) is 6.08 Å². The molecule has 1 heterocycles. The van der Waals surface area contributed by atoms with Crippen LogP contribution in [-0.4, -0.2) is 36.5 Å². The van der Waals surface area contributed by atoms with Crippen molar-refractivity contribution in [3.63, 3.8) is 0 Å². The average molecular weight is 251 g/mol. The summed E-state index contributed by atoms with van der Waals surface area (Å²) < 4.78 is 5.04. The standard InChI is InChI=1S/C14H21NO3/c1-2-18-14(17)12-8-5-9-15(10-12)13(16)11-6-3-4-7-11/h6,12H,2-5,7-10H2,1H3/t12-/m0/s1. The Bertz CT molecular complexity index is 362. The molecule has 0 unspecified atom stereocenters. The number of hydrogen-bond acceptors (Lipinski definition) is 3. The normalized spacial score (nSPS) is 23.7. The van der Waals surface area contributed by atoms with Gasteiger partial charge in [-0.05, 0) is 39.0 Å². The van der Waals surface area contributed by atoms with Gasteiger partial charge in [-0.25, -0.2) is 0 Å². The first-order chi connectivity index (χ1) is 8.72. The van der Waals surface area contributed by atoms with E-state index >= 15 is 0 Å². The molecular formula is C14H21NO3. The second-order valence-corrected chi connectivity index (χ2v) is 4.96. The molecule has 1 atom stereocenters. The monoisotopic (exact) mass is 251 g/mol. The summed E-state index contributed by atoms with van der Waals surface area (Å²) in [6.45, 7) is 3.52. The molecule has 0 aromatic heterocycles. The largest absolute Gasteiger partial charge is 0.466 e. The maximum atomic E-state index is 12.2. The zero-order valence-corrected chi connectivity index (χ0v) is 11.0. The molecular weight excluding hydrogens is 230 g/mol. The third-order valence-electron chi connectivity index (χ3n) is 3.64. The molecule has 1 aliphatic carbocycles. The molecule has 0 spiro atoms. The van der Waals surface area contributed by atoms with Crippen molar-refractivity contribution in [2.45, 2.75) is 39.0 Å². The van der Waals surface area contributed by atoms with Crippen LogP contribution in [0.2, 0.25) is 0 Å². The smallest absolute Gasteiger partial charge is 0.310 e. The SMILES string of the molecule is CCOC(=O)[C@H]1CCCN(C(=O)C2=CCCC2)C1. The van der Waals surface area contributed by atoms with Crippen LogP contribution < -0.4 is 0 Å². The summed E-state index contributed by atoms with van der Waals surface area (Å²) in [7, 11) is 0. The van der Waals surface area contributed by atoms with Crippen molar-refractivity contribution in [2.24, 2.45) is 5.92 Å². The Morgan fingerprint density at radius 2 is 2.28 bits per heavy atom. The van der Waals surface area contributed by atoms with Crippen LogP contribution in [0.25, 0.3) is 0 Å². The van der Waals surface area contributed by atoms with Crippen LogP contribution in [0.5, 0.6) is 0 Å². The molecule has 4 nitrogen and oxygen atoms in total. The van der Waals surface area contributed by atoms with Crippen LogP contribution in [0.3, 0.4) is 0 Å². The lowest BCUT2D eigenvalue weighted by Gasteiger charge is -2.31. The van der Waals surface area contributed by atoms with E-state index in [2.05, 4.69) is 0 Å². The van der Waals surface area contributed by atoms with E-state index in [-0.39, 0.29) is 17.8 Å². The van der Waals surface area contributed by atoms with E-state index in [4.69, 9.17) is 4.74 Å². The van der Waals surface area contributed by atoms with E-state index in [0.29, 0.717) is 13.2 Å². The predicted molar refractivity (Wildman–Crippen MR) is 67.9 cm³/mol. The molecule has 0 aromatic rings. The first kappa shape index (κ1) is 13.1. The number of rotatable bonds is 3. The van der Waals surface area contributed by atoms with Gasteiger partial charge in [-0.3, -0.25) is 9.59 Å². The Morgan fingerprint density at radius 3 is 2.94 bits per heavy atom. The van der Waals surface area contributed by atoms with Crippen LogP contribution in [0.15, 0.2) is 11.6 Å². The number of carbonyl (C=O) groups is 2. The van der Waals surface area contributed by atoms with Crippen molar-refractivity contribution in [3.05, 3.63) is 11.6 Å². The molecule has 0 radical (unpaired) electrons. The van der Waals surface area contributed by atoms with Crippen LogP contribution in [0, 0.1) is 5.92 Å². The van der Waals surface area contributed by atoms with E-state index in [1.807, 2.05) is 17.9 Å². The minimum absolute atomic E-state index is 0.126. The van der Waals surface area contributed by atoms with Gasteiger partial charge < -0.3 is 9.64 Å². The number of piperidine rings is 1. The fraction of sp³-hybridized carbons (Fsp3) is 0.714. The summed E-state index contributed by atoms with van der Waals surface area (Å²) in [5.41, 5.74) is 0.930. The van der Waals surface area contributed by atoms with E-state index in [9.17, 15) is 9.59 Å². The van der Waals surface area contributed by atoms with Crippen molar-refractivity contribution in [3.8, 4) is 0 Å². The summed E-state index contributed by atoms with van der Waals surface area (Å²) in [4.78, 5) is 25.8. The summed E-state index contributed by atoms with van der Waals surface area (Å²) in [5, 5.41) is 0. The molecule has 1 amide bonds. The van der Waals surface area contributed by atoms with Gasteiger partial charge in [0, 0.05) is 18.7 Å². The summed E-state index contributed by atoms with van der Waals surface area (Å²) >= 11 is 0. The highest BCUT2D eigenvalue weighted by Gasteiger charge is 2.30. The van der Waals surface area contributed by atoms with Crippen LogP contribution in [0.1, 0.15) is 39.0 Å². The zero-order valence-electron chi connectivity index (χ0n) is 11.0. The Kier molecular flexibility index (Phi) is 4.39. The fourth-order valence-electron chi connectivity index (χ4n) is 2.68. The fourth-order valence-corrected chi connectivity index (χ4v) is 2.68. The van der Waals surface area contributed by atoms with Crippen LogP contribution >= 0.6 is 0 Å². The van der Waals surface area contributed by atoms with Crippen LogP contribution in [0.4, 0.5) is 0 Å². The van der Waals surface area contributed by atoms with E-state index in [0.717, 1.165) is 44.2 Å². The highest BCUT2D eigenvalue weighted by Crippen LogP contribution is 2.24. The summed E-state index contributed by atoms with van der Waals surface area (Å²) in [6.07, 6.45) is 6.74. The Balaban J connectivity index is 1.93. The third kappa shape index (κ3) is 2.92. The predicted octanol–water partition coefficient (Wildman–Crippen LogP) is 1.90. The van der Waals surface area contributed by atoms with Crippen molar-refractivity contribution in [1.29, 1.82) is 0 Å². The minimum atomic E-state index is -0.157. The number of allylic oxidation sites excluding steroid dienone is 1. The molecule has 2 aliphatic rings. The van der Waals surface area contributed by atoms with E-state index in [1.54, 1.807) is 0 Å². The highest BCUT2D eigenvalue weighted by molar-refractivity contribution is 5.94. The number of nitrogens with zero attached hydrogens (tertiary/aromatic N) is 1. The Morgan fingerprint density at radius 1 is 1.44 bits per heavy atom. The Hall–Kier alpha value is -1.32. The molecule has 0 N–H and O–H groups in total. The van der Waals surface area contributed by atoms with Crippen molar-refractivity contribution in [1.82, 2.24) is 4.90 Å². The topological polar surface area (TPSA) is 46.6 Å². The van der Waals surface area contributed by atoms with Gasteiger partial charge in [0.15, 0.2) is 0 Å². The van der Waals surface area contributed by atoms with Crippen molar-refractivity contribution >= 4 is 11.9 Å². The molecule has 1 saturated heterocycles. The first-order valence-corrected chi connectivity index (χ1v) is 6.87. The van der Waals surface area contributed by atoms with Gasteiger partial charge in [-0.2, -0.15) is 0 Å². The number of ether oxygens (including phenoxy) is 1. The number of amides is 1. The summed E-state index contributed by atoms with van der Waals surface area (Å²) in [6, 6.07) is 0. The molecule has 0 aromatic carbocycles. The molecule has 2 rings (SSSR count). The quantitative estimate of drug-likeness (QED) is 0.720. The number of hydrogen-bond donors (Lipinski definition) is 0.